The zero-order chi connectivity index (χ0) is 37.3. The van der Waals surface area contributed by atoms with E-state index in [0.717, 1.165) is 63.2 Å². The molecular formula is C48H38N8. The quantitative estimate of drug-likeness (QED) is 0.150. The fourth-order valence-corrected chi connectivity index (χ4v) is 7.78. The second-order valence-electron chi connectivity index (χ2n) is 14.4. The molecule has 4 aliphatic rings. The van der Waals surface area contributed by atoms with Gasteiger partial charge in [-0.3, -0.25) is 9.97 Å². The van der Waals surface area contributed by atoms with E-state index in [2.05, 4.69) is 147 Å². The van der Waals surface area contributed by atoms with E-state index in [1.54, 1.807) is 0 Å². The van der Waals surface area contributed by atoms with Crippen molar-refractivity contribution >= 4 is 28.0 Å². The molecule has 0 radical (unpaired) electrons. The van der Waals surface area contributed by atoms with E-state index < -0.39 is 0 Å². The van der Waals surface area contributed by atoms with Crippen molar-refractivity contribution in [1.82, 2.24) is 40.9 Å². The molecule has 8 nitrogen and oxygen atoms in total. The Labute approximate surface area is 325 Å². The first kappa shape index (κ1) is 33.4. The number of dihydropyridines is 2. The molecule has 3 N–H and O–H groups in total. The second-order valence-corrected chi connectivity index (χ2v) is 14.4. The SMILES string of the molecule is C1=CC(c2ccncc2)NC(C2=CC(c3cccc(C4=CCNC=C4)c3)=CC(c3nc(-c4ccc5c(c4)C=CNC5)nc(-c4ccc5cnccc5c4)n3)C2)=C1. The van der Waals surface area contributed by atoms with Gasteiger partial charge in [-0.15, -0.1) is 0 Å². The average Bonchev–Trinajstić information content (AvgIpc) is 3.29. The number of allylic oxidation sites excluding steroid dienone is 8. The molecule has 1 aliphatic carbocycles. The number of hydrogen-bond acceptors (Lipinski definition) is 8. The molecule has 3 aromatic carbocycles. The third-order valence-corrected chi connectivity index (χ3v) is 10.7. The molecule has 0 spiro atoms. The summed E-state index contributed by atoms with van der Waals surface area (Å²) >= 11 is 0. The molecule has 0 saturated carbocycles. The molecule has 3 aromatic heterocycles. The highest BCUT2D eigenvalue weighted by atomic mass is 15.0. The molecule has 0 bridgehead atoms. The largest absolute Gasteiger partial charge is 0.387 e. The van der Waals surface area contributed by atoms with Crippen molar-refractivity contribution in [2.45, 2.75) is 24.9 Å². The minimum absolute atomic E-state index is 0.0282. The minimum atomic E-state index is -0.133. The second kappa shape index (κ2) is 14.6. The smallest absolute Gasteiger partial charge is 0.163 e. The first-order valence-corrected chi connectivity index (χ1v) is 19.0. The monoisotopic (exact) mass is 726 g/mol. The van der Waals surface area contributed by atoms with Crippen LogP contribution < -0.4 is 16.0 Å². The lowest BCUT2D eigenvalue weighted by atomic mass is 9.84. The van der Waals surface area contributed by atoms with Crippen LogP contribution in [0.1, 0.15) is 52.0 Å². The van der Waals surface area contributed by atoms with Gasteiger partial charge < -0.3 is 16.0 Å². The maximum atomic E-state index is 5.30. The van der Waals surface area contributed by atoms with Crippen LogP contribution in [0.5, 0.6) is 0 Å². The fourth-order valence-electron chi connectivity index (χ4n) is 7.78. The summed E-state index contributed by atoms with van der Waals surface area (Å²) in [5.41, 5.74) is 12.4. The molecule has 6 heterocycles. The number of rotatable bonds is 7. The van der Waals surface area contributed by atoms with Crippen molar-refractivity contribution in [3.8, 4) is 22.8 Å². The van der Waals surface area contributed by atoms with Gasteiger partial charge in [-0.05, 0) is 129 Å². The third-order valence-electron chi connectivity index (χ3n) is 10.7. The standard InChI is InChI=1S/C48H38N8/c1-3-33(31-11-17-49-18-12-31)23-34(4-1)41-26-42(45-6-2-5-44(53-45)32-13-19-50-20-14-32)28-43(27-41)48-55-46(37-7-9-39-29-51-21-15-35(39)24-37)54-47(56-48)38-8-10-40-30-52-22-16-36(40)25-38/h1-17,19-27,29,43-44,49,52-53H,18,28,30H2. The van der Waals surface area contributed by atoms with E-state index in [1.807, 2.05) is 43.3 Å². The third kappa shape index (κ3) is 6.73. The molecule has 3 aliphatic heterocycles. The van der Waals surface area contributed by atoms with E-state index in [4.69, 9.17) is 15.0 Å². The van der Waals surface area contributed by atoms with Crippen molar-refractivity contribution in [2.24, 2.45) is 0 Å². The lowest BCUT2D eigenvalue weighted by molar-refractivity contribution is 0.678. The van der Waals surface area contributed by atoms with Crippen LogP contribution in [-0.4, -0.2) is 31.5 Å². The number of pyridine rings is 2. The number of nitrogens with one attached hydrogen (secondary N) is 3. The lowest BCUT2D eigenvalue weighted by Gasteiger charge is -2.28. The topological polar surface area (TPSA) is 101 Å². The van der Waals surface area contributed by atoms with Crippen molar-refractivity contribution in [3.05, 3.63) is 203 Å². The van der Waals surface area contributed by atoms with Crippen LogP contribution >= 0.6 is 0 Å². The van der Waals surface area contributed by atoms with Crippen LogP contribution in [-0.2, 0) is 6.54 Å². The summed E-state index contributed by atoms with van der Waals surface area (Å²) in [6.07, 6.45) is 29.8. The molecule has 0 fully saturated rings. The summed E-state index contributed by atoms with van der Waals surface area (Å²) in [7, 11) is 0. The molecular weight excluding hydrogens is 689 g/mol. The van der Waals surface area contributed by atoms with Crippen LogP contribution in [0.4, 0.5) is 0 Å². The van der Waals surface area contributed by atoms with Crippen LogP contribution in [0.25, 0.3) is 50.8 Å². The van der Waals surface area contributed by atoms with E-state index in [-0.39, 0.29) is 12.0 Å². The zero-order valence-corrected chi connectivity index (χ0v) is 30.6. The van der Waals surface area contributed by atoms with Crippen molar-refractivity contribution in [1.29, 1.82) is 0 Å². The summed E-state index contributed by atoms with van der Waals surface area (Å²) in [6.45, 7) is 1.61. The first-order valence-electron chi connectivity index (χ1n) is 19.0. The van der Waals surface area contributed by atoms with Crippen molar-refractivity contribution in [3.63, 3.8) is 0 Å². The van der Waals surface area contributed by atoms with Gasteiger partial charge in [-0.1, -0.05) is 66.8 Å². The maximum absolute atomic E-state index is 5.30. The van der Waals surface area contributed by atoms with Gasteiger partial charge in [0.05, 0.1) is 6.04 Å². The summed E-state index contributed by atoms with van der Waals surface area (Å²) < 4.78 is 0. The van der Waals surface area contributed by atoms with Crippen molar-refractivity contribution < 1.29 is 0 Å². The van der Waals surface area contributed by atoms with Gasteiger partial charge in [0.2, 0.25) is 0 Å². The molecule has 2 atom stereocenters. The van der Waals surface area contributed by atoms with Crippen LogP contribution in [0, 0.1) is 0 Å². The summed E-state index contributed by atoms with van der Waals surface area (Å²) in [6, 6.07) is 27.8. The fraction of sp³-hybridized carbons (Fsp3) is 0.104. The zero-order valence-electron chi connectivity index (χ0n) is 30.6. The van der Waals surface area contributed by atoms with Crippen LogP contribution in [0.2, 0.25) is 0 Å². The highest BCUT2D eigenvalue weighted by Crippen LogP contribution is 2.39. The molecule has 8 heteroatoms. The van der Waals surface area contributed by atoms with Gasteiger partial charge in [-0.2, -0.15) is 0 Å². The highest BCUT2D eigenvalue weighted by Gasteiger charge is 2.26. The molecule has 56 heavy (non-hydrogen) atoms. The van der Waals surface area contributed by atoms with Gasteiger partial charge >= 0.3 is 0 Å². The van der Waals surface area contributed by atoms with Crippen LogP contribution in [0.3, 0.4) is 0 Å². The average molecular weight is 727 g/mol. The van der Waals surface area contributed by atoms with E-state index >= 15 is 0 Å². The Morgan fingerprint density at radius 1 is 0.679 bits per heavy atom. The highest BCUT2D eigenvalue weighted by molar-refractivity contribution is 5.86. The van der Waals surface area contributed by atoms with Gasteiger partial charge in [0.15, 0.2) is 11.6 Å². The Bertz CT molecular complexity index is 2720. The number of nitrogens with zero attached hydrogens (tertiary/aromatic N) is 5. The Morgan fingerprint density at radius 2 is 1.50 bits per heavy atom. The summed E-state index contributed by atoms with van der Waals surface area (Å²) in [4.78, 5) is 24.3. The number of fused-ring (bicyclic) bond motifs is 2. The summed E-state index contributed by atoms with van der Waals surface area (Å²) in [5.74, 6) is 1.90. The molecule has 10 rings (SSSR count). The molecule has 0 saturated heterocycles. The Balaban J connectivity index is 1.10. The maximum Gasteiger partial charge on any atom is 0.163 e. The van der Waals surface area contributed by atoms with E-state index in [1.165, 1.54) is 27.8 Å². The molecule has 0 amide bonds. The normalized spacial score (nSPS) is 18.4. The van der Waals surface area contributed by atoms with Gasteiger partial charge in [0.25, 0.3) is 0 Å². The molecule has 6 aromatic rings. The number of benzene rings is 3. The summed E-state index contributed by atoms with van der Waals surface area (Å²) in [5, 5.41) is 12.6. The van der Waals surface area contributed by atoms with E-state index in [0.29, 0.717) is 18.1 Å². The van der Waals surface area contributed by atoms with Gasteiger partial charge in [0, 0.05) is 66.0 Å². The Hall–Kier alpha value is -7.19. The van der Waals surface area contributed by atoms with Crippen LogP contribution in [0.15, 0.2) is 170 Å². The minimum Gasteiger partial charge on any atom is -0.387 e. The number of aromatic nitrogens is 5. The van der Waals surface area contributed by atoms with Gasteiger partial charge in [-0.25, -0.2) is 15.0 Å². The van der Waals surface area contributed by atoms with Crippen molar-refractivity contribution in [2.75, 3.05) is 6.54 Å². The predicted octanol–water partition coefficient (Wildman–Crippen LogP) is 9.00. The Kier molecular flexibility index (Phi) is 8.68. The first-order chi connectivity index (χ1) is 27.7. The lowest BCUT2D eigenvalue weighted by Crippen LogP contribution is -2.24. The Morgan fingerprint density at radius 3 is 2.38 bits per heavy atom. The predicted molar refractivity (Wildman–Crippen MR) is 224 cm³/mol. The van der Waals surface area contributed by atoms with E-state index in [9.17, 15) is 0 Å². The van der Waals surface area contributed by atoms with Gasteiger partial charge in [0.1, 0.15) is 5.82 Å². The molecule has 270 valence electrons. The molecule has 2 unspecified atom stereocenters. The number of hydrogen-bond donors (Lipinski definition) is 3.